The third kappa shape index (κ3) is 2.65. The molecule has 2 rings (SSSR count). The van der Waals surface area contributed by atoms with Gasteiger partial charge in [-0.05, 0) is 23.8 Å². The van der Waals surface area contributed by atoms with Crippen molar-refractivity contribution in [1.29, 1.82) is 0 Å². The number of aromatic carboxylic acids is 1. The summed E-state index contributed by atoms with van der Waals surface area (Å²) in [4.78, 5) is 10.7. The molecule has 0 bridgehead atoms. The smallest absolute Gasteiger partial charge is 0.337 e. The highest BCUT2D eigenvalue weighted by molar-refractivity contribution is 6.30. The Morgan fingerprint density at radius 2 is 2.18 bits per heavy atom. The maximum absolute atomic E-state index is 12.9. The maximum atomic E-state index is 12.9. The molecule has 1 heterocycles. The highest BCUT2D eigenvalue weighted by atomic mass is 35.5. The first-order valence-electron chi connectivity index (χ1n) is 4.89. The molecule has 0 radical (unpaired) electrons. The van der Waals surface area contributed by atoms with Gasteiger partial charge in [0.2, 0.25) is 0 Å². The van der Waals surface area contributed by atoms with Crippen molar-refractivity contribution in [2.45, 2.75) is 6.54 Å². The molecular weight excluding hydrogens is 245 g/mol. The van der Waals surface area contributed by atoms with Crippen molar-refractivity contribution >= 4 is 17.6 Å². The summed E-state index contributed by atoms with van der Waals surface area (Å²) >= 11 is 5.66. The zero-order valence-electron chi connectivity index (χ0n) is 8.73. The summed E-state index contributed by atoms with van der Waals surface area (Å²) in [5, 5.41) is 8.82. The number of nitrogens with zero attached hydrogens (tertiary/aromatic N) is 1. The Kier molecular flexibility index (Phi) is 3.15. The standard InChI is InChI=1S/C12H9ClFNO2/c13-10-5-8(1-2-11(10)14)6-15-4-3-9(7-15)12(16)17/h1-5,7H,6H2,(H,16,17). The lowest BCUT2D eigenvalue weighted by atomic mass is 10.2. The largest absolute Gasteiger partial charge is 0.478 e. The van der Waals surface area contributed by atoms with Gasteiger partial charge < -0.3 is 9.67 Å². The molecule has 2 aromatic rings. The molecule has 0 aliphatic rings. The number of hydrogen-bond donors (Lipinski definition) is 1. The van der Waals surface area contributed by atoms with Gasteiger partial charge >= 0.3 is 5.97 Å². The number of benzene rings is 1. The van der Waals surface area contributed by atoms with Gasteiger partial charge in [0.1, 0.15) is 5.82 Å². The Morgan fingerprint density at radius 3 is 2.76 bits per heavy atom. The predicted molar refractivity (Wildman–Crippen MR) is 61.9 cm³/mol. The van der Waals surface area contributed by atoms with Crippen LogP contribution in [0.3, 0.4) is 0 Å². The van der Waals surface area contributed by atoms with E-state index < -0.39 is 11.8 Å². The van der Waals surface area contributed by atoms with E-state index in [1.807, 2.05) is 0 Å². The number of carboxylic acids is 1. The number of carboxylic acid groups (broad SMARTS) is 1. The third-order valence-corrected chi connectivity index (χ3v) is 2.64. The van der Waals surface area contributed by atoms with Crippen LogP contribution in [0.2, 0.25) is 5.02 Å². The molecule has 0 spiro atoms. The minimum Gasteiger partial charge on any atom is -0.478 e. The fraction of sp³-hybridized carbons (Fsp3) is 0.0833. The van der Waals surface area contributed by atoms with Crippen molar-refractivity contribution in [2.75, 3.05) is 0 Å². The first-order valence-corrected chi connectivity index (χ1v) is 5.27. The van der Waals surface area contributed by atoms with E-state index in [-0.39, 0.29) is 10.6 Å². The second-order valence-corrected chi connectivity index (χ2v) is 4.03. The van der Waals surface area contributed by atoms with Crippen LogP contribution in [0.4, 0.5) is 4.39 Å². The van der Waals surface area contributed by atoms with E-state index in [0.29, 0.717) is 6.54 Å². The van der Waals surface area contributed by atoms with Crippen molar-refractivity contribution in [3.05, 3.63) is 58.6 Å². The summed E-state index contributed by atoms with van der Waals surface area (Å²) in [7, 11) is 0. The Labute approximate surface area is 102 Å². The lowest BCUT2D eigenvalue weighted by Gasteiger charge is -2.04. The van der Waals surface area contributed by atoms with Crippen LogP contribution in [0.15, 0.2) is 36.7 Å². The number of aromatic nitrogens is 1. The number of hydrogen-bond acceptors (Lipinski definition) is 1. The van der Waals surface area contributed by atoms with E-state index in [1.54, 1.807) is 16.8 Å². The van der Waals surface area contributed by atoms with E-state index in [1.165, 1.54) is 24.4 Å². The molecule has 88 valence electrons. The number of carbonyl (C=O) groups is 1. The van der Waals surface area contributed by atoms with E-state index in [0.717, 1.165) is 5.56 Å². The summed E-state index contributed by atoms with van der Waals surface area (Å²) < 4.78 is 14.6. The molecule has 0 aliphatic heterocycles. The Bertz CT molecular complexity index is 565. The number of halogens is 2. The van der Waals surface area contributed by atoms with Crippen LogP contribution in [0.25, 0.3) is 0 Å². The summed E-state index contributed by atoms with van der Waals surface area (Å²) in [6.45, 7) is 0.452. The van der Waals surface area contributed by atoms with Crippen LogP contribution in [0.1, 0.15) is 15.9 Å². The highest BCUT2D eigenvalue weighted by Crippen LogP contribution is 2.17. The van der Waals surface area contributed by atoms with Crippen LogP contribution in [0, 0.1) is 5.82 Å². The monoisotopic (exact) mass is 253 g/mol. The van der Waals surface area contributed by atoms with E-state index in [2.05, 4.69) is 0 Å². The molecule has 1 N–H and O–H groups in total. The first kappa shape index (κ1) is 11.7. The SMILES string of the molecule is O=C(O)c1ccn(Cc2ccc(F)c(Cl)c2)c1. The van der Waals surface area contributed by atoms with Gasteiger partial charge in [0.05, 0.1) is 10.6 Å². The Morgan fingerprint density at radius 1 is 1.41 bits per heavy atom. The zero-order valence-corrected chi connectivity index (χ0v) is 9.49. The normalized spacial score (nSPS) is 10.5. The average Bonchev–Trinajstić information content (AvgIpc) is 2.72. The minimum atomic E-state index is -0.971. The van der Waals surface area contributed by atoms with Gasteiger partial charge in [0.25, 0.3) is 0 Å². The lowest BCUT2D eigenvalue weighted by Crippen LogP contribution is -1.98. The molecule has 0 unspecified atom stereocenters. The fourth-order valence-corrected chi connectivity index (χ4v) is 1.72. The molecule has 1 aromatic heterocycles. The number of rotatable bonds is 3. The van der Waals surface area contributed by atoms with Gasteiger partial charge in [0, 0.05) is 18.9 Å². The molecule has 0 saturated heterocycles. The summed E-state index contributed by atoms with van der Waals surface area (Å²) in [5.74, 6) is -1.44. The van der Waals surface area contributed by atoms with E-state index in [4.69, 9.17) is 16.7 Å². The molecule has 3 nitrogen and oxygen atoms in total. The van der Waals surface area contributed by atoms with Crippen LogP contribution in [-0.2, 0) is 6.54 Å². The van der Waals surface area contributed by atoms with Crippen molar-refractivity contribution in [3.8, 4) is 0 Å². The molecule has 0 saturated carbocycles. The topological polar surface area (TPSA) is 42.2 Å². The van der Waals surface area contributed by atoms with Gasteiger partial charge in [-0.15, -0.1) is 0 Å². The van der Waals surface area contributed by atoms with Gasteiger partial charge in [-0.2, -0.15) is 0 Å². The quantitative estimate of drug-likeness (QED) is 0.914. The lowest BCUT2D eigenvalue weighted by molar-refractivity contribution is 0.0697. The van der Waals surface area contributed by atoms with Crippen molar-refractivity contribution in [2.24, 2.45) is 0 Å². The second kappa shape index (κ2) is 4.59. The Hall–Kier alpha value is -1.81. The third-order valence-electron chi connectivity index (χ3n) is 2.35. The van der Waals surface area contributed by atoms with Crippen molar-refractivity contribution in [3.63, 3.8) is 0 Å². The van der Waals surface area contributed by atoms with E-state index >= 15 is 0 Å². The highest BCUT2D eigenvalue weighted by Gasteiger charge is 2.05. The van der Waals surface area contributed by atoms with Crippen LogP contribution >= 0.6 is 11.6 Å². The van der Waals surface area contributed by atoms with Crippen LogP contribution in [0.5, 0.6) is 0 Å². The summed E-state index contributed by atoms with van der Waals surface area (Å²) in [5.41, 5.74) is 1.03. The second-order valence-electron chi connectivity index (χ2n) is 3.63. The van der Waals surface area contributed by atoms with Crippen LogP contribution in [-0.4, -0.2) is 15.6 Å². The minimum absolute atomic E-state index is 0.0631. The molecule has 0 atom stereocenters. The average molecular weight is 254 g/mol. The summed E-state index contributed by atoms with van der Waals surface area (Å²) in [6.07, 6.45) is 3.17. The van der Waals surface area contributed by atoms with Crippen molar-refractivity contribution < 1.29 is 14.3 Å². The van der Waals surface area contributed by atoms with Gasteiger partial charge in [-0.25, -0.2) is 9.18 Å². The van der Waals surface area contributed by atoms with E-state index in [9.17, 15) is 9.18 Å². The summed E-state index contributed by atoms with van der Waals surface area (Å²) in [6, 6.07) is 5.94. The van der Waals surface area contributed by atoms with Gasteiger partial charge in [-0.3, -0.25) is 0 Å². The van der Waals surface area contributed by atoms with Crippen molar-refractivity contribution in [1.82, 2.24) is 4.57 Å². The maximum Gasteiger partial charge on any atom is 0.337 e. The molecule has 1 aromatic carbocycles. The molecule has 17 heavy (non-hydrogen) atoms. The van der Waals surface area contributed by atoms with Crippen LogP contribution < -0.4 is 0 Å². The van der Waals surface area contributed by atoms with Gasteiger partial charge in [-0.1, -0.05) is 17.7 Å². The molecule has 0 amide bonds. The fourth-order valence-electron chi connectivity index (χ4n) is 1.51. The molecule has 0 aliphatic carbocycles. The predicted octanol–water partition coefficient (Wildman–Crippen LogP) is 3.03. The molecule has 0 fully saturated rings. The Balaban J connectivity index is 2.19. The zero-order chi connectivity index (χ0) is 12.4. The first-order chi connectivity index (χ1) is 8.06. The molecule has 5 heteroatoms. The van der Waals surface area contributed by atoms with Gasteiger partial charge in [0.15, 0.2) is 0 Å². The molecular formula is C12H9ClFNO2.